The zero-order valence-corrected chi connectivity index (χ0v) is 18.9. The Balaban J connectivity index is 1.44. The molecule has 0 aliphatic rings. The molecule has 0 aliphatic heterocycles. The minimum Gasteiger partial charge on any atom is -0.352 e. The highest BCUT2D eigenvalue weighted by Crippen LogP contribution is 2.35. The normalized spacial score (nSPS) is 11.5. The maximum atomic E-state index is 4.65. The number of pyridine rings is 2. The number of aromatic nitrogens is 5. The second-order valence-corrected chi connectivity index (χ2v) is 8.82. The van der Waals surface area contributed by atoms with Crippen molar-refractivity contribution in [3.8, 4) is 33.6 Å². The zero-order valence-electron chi connectivity index (χ0n) is 18.1. The van der Waals surface area contributed by atoms with Crippen LogP contribution in [0.3, 0.4) is 0 Å². The third-order valence-electron chi connectivity index (χ3n) is 5.90. The molecule has 6 aromatic rings. The van der Waals surface area contributed by atoms with E-state index in [1.165, 1.54) is 11.1 Å². The number of H-pyrrole nitrogens is 2. The van der Waals surface area contributed by atoms with Crippen molar-refractivity contribution in [2.24, 2.45) is 0 Å². The Morgan fingerprint density at radius 3 is 2.70 bits per heavy atom. The lowest BCUT2D eigenvalue weighted by Gasteiger charge is -2.06. The van der Waals surface area contributed by atoms with Crippen molar-refractivity contribution in [2.75, 3.05) is 6.54 Å². The Hall–Kier alpha value is -3.81. The van der Waals surface area contributed by atoms with Crippen LogP contribution in [0.25, 0.3) is 55.4 Å². The smallest absolute Gasteiger partial charge is 0.116 e. The van der Waals surface area contributed by atoms with Gasteiger partial charge in [-0.3, -0.25) is 15.1 Å². The number of nitrogens with zero attached hydrogens (tertiary/aromatic N) is 3. The number of nitrogens with one attached hydrogen (secondary N) is 3. The first-order chi connectivity index (χ1) is 16.3. The molecule has 0 saturated carbocycles. The molecule has 0 radical (unpaired) electrons. The van der Waals surface area contributed by atoms with Gasteiger partial charge in [0, 0.05) is 47.0 Å². The maximum absolute atomic E-state index is 4.65. The van der Waals surface area contributed by atoms with Gasteiger partial charge in [-0.15, -0.1) is 0 Å². The number of benzene rings is 1. The van der Waals surface area contributed by atoms with Crippen molar-refractivity contribution in [2.45, 2.75) is 13.5 Å². The van der Waals surface area contributed by atoms with Gasteiger partial charge in [-0.25, -0.2) is 0 Å². The lowest BCUT2D eigenvalue weighted by atomic mass is 10.0. The fraction of sp³-hybridized carbons (Fsp3) is 0.115. The minimum absolute atomic E-state index is 0.812. The Kier molecular flexibility index (Phi) is 4.97. The number of rotatable bonds is 6. The first kappa shape index (κ1) is 19.8. The van der Waals surface area contributed by atoms with E-state index in [1.54, 1.807) is 11.3 Å². The Labute approximate surface area is 194 Å². The number of hydrogen-bond acceptors (Lipinski definition) is 5. The van der Waals surface area contributed by atoms with Crippen LogP contribution >= 0.6 is 11.3 Å². The summed E-state index contributed by atoms with van der Waals surface area (Å²) in [6.07, 6.45) is 7.63. The summed E-state index contributed by atoms with van der Waals surface area (Å²) in [4.78, 5) is 12.4. The van der Waals surface area contributed by atoms with Gasteiger partial charge in [-0.1, -0.05) is 13.0 Å². The third-order valence-corrected chi connectivity index (χ3v) is 6.59. The van der Waals surface area contributed by atoms with Gasteiger partial charge < -0.3 is 10.3 Å². The van der Waals surface area contributed by atoms with Gasteiger partial charge in [-0.2, -0.15) is 16.4 Å². The van der Waals surface area contributed by atoms with Crippen LogP contribution in [0.2, 0.25) is 0 Å². The van der Waals surface area contributed by atoms with E-state index in [9.17, 15) is 0 Å². The summed E-state index contributed by atoms with van der Waals surface area (Å²) in [5, 5.41) is 17.6. The van der Waals surface area contributed by atoms with Crippen LogP contribution in [0, 0.1) is 0 Å². The largest absolute Gasteiger partial charge is 0.352 e. The van der Waals surface area contributed by atoms with Crippen LogP contribution in [0.15, 0.2) is 71.9 Å². The summed E-state index contributed by atoms with van der Waals surface area (Å²) in [6, 6.07) is 12.9. The fourth-order valence-electron chi connectivity index (χ4n) is 4.24. The van der Waals surface area contributed by atoms with Crippen molar-refractivity contribution in [3.63, 3.8) is 0 Å². The summed E-state index contributed by atoms with van der Waals surface area (Å²) in [7, 11) is 0. The molecule has 0 saturated heterocycles. The number of hydrogen-bond donors (Lipinski definition) is 3. The van der Waals surface area contributed by atoms with Crippen molar-refractivity contribution >= 4 is 33.1 Å². The van der Waals surface area contributed by atoms with E-state index in [0.717, 1.165) is 63.0 Å². The molecule has 1 aromatic carbocycles. The molecule has 6 rings (SSSR count). The van der Waals surface area contributed by atoms with Gasteiger partial charge in [0.2, 0.25) is 0 Å². The predicted octanol–water partition coefficient (Wildman–Crippen LogP) is 6.01. The molecular weight excluding hydrogens is 428 g/mol. The highest BCUT2D eigenvalue weighted by molar-refractivity contribution is 7.08. The molecule has 0 amide bonds. The standard InChI is InChI=1S/C26H22N6S/c1-2-27-10-16-7-19(12-28-11-16)17-3-4-23-21(8-17)26(32-31-23)24-9-20-22(18-5-6-33-15-18)13-29-14-25(20)30-24/h3-9,11-15,27,30H,2,10H2,1H3,(H,31,32). The number of aromatic amines is 2. The minimum atomic E-state index is 0.812. The van der Waals surface area contributed by atoms with Crippen molar-refractivity contribution in [1.29, 1.82) is 0 Å². The monoisotopic (exact) mass is 450 g/mol. The van der Waals surface area contributed by atoms with E-state index in [1.807, 2.05) is 24.8 Å². The van der Waals surface area contributed by atoms with Crippen LogP contribution in [0.4, 0.5) is 0 Å². The second kappa shape index (κ2) is 8.27. The summed E-state index contributed by atoms with van der Waals surface area (Å²) in [5.74, 6) is 0. The molecule has 0 atom stereocenters. The van der Waals surface area contributed by atoms with E-state index in [-0.39, 0.29) is 0 Å². The SMILES string of the molecule is CCNCc1cncc(-c2ccc3[nH]nc(-c4cc5c(-c6ccsc6)cncc5[nH]4)c3c2)c1. The van der Waals surface area contributed by atoms with Crippen LogP contribution in [0.5, 0.6) is 0 Å². The Morgan fingerprint density at radius 1 is 0.879 bits per heavy atom. The molecule has 3 N–H and O–H groups in total. The first-order valence-electron chi connectivity index (χ1n) is 10.9. The average Bonchev–Trinajstić information content (AvgIpc) is 3.61. The molecule has 0 bridgehead atoms. The van der Waals surface area contributed by atoms with Crippen molar-refractivity contribution in [3.05, 3.63) is 77.5 Å². The predicted molar refractivity (Wildman–Crippen MR) is 135 cm³/mol. The molecule has 6 nitrogen and oxygen atoms in total. The molecular formula is C26H22N6S. The molecule has 162 valence electrons. The fourth-order valence-corrected chi connectivity index (χ4v) is 4.89. The molecule has 0 spiro atoms. The van der Waals surface area contributed by atoms with Gasteiger partial charge >= 0.3 is 0 Å². The highest BCUT2D eigenvalue weighted by atomic mass is 32.1. The molecule has 33 heavy (non-hydrogen) atoms. The number of thiophene rings is 1. The first-order valence-corrected chi connectivity index (χ1v) is 11.9. The van der Waals surface area contributed by atoms with Crippen LogP contribution in [0.1, 0.15) is 12.5 Å². The summed E-state index contributed by atoms with van der Waals surface area (Å²) < 4.78 is 0. The quantitative estimate of drug-likeness (QED) is 0.290. The van der Waals surface area contributed by atoms with E-state index < -0.39 is 0 Å². The second-order valence-electron chi connectivity index (χ2n) is 8.04. The van der Waals surface area contributed by atoms with Gasteiger partial charge in [0.05, 0.1) is 22.9 Å². The molecule has 0 aliphatic carbocycles. The summed E-state index contributed by atoms with van der Waals surface area (Å²) in [5.41, 5.74) is 9.57. The van der Waals surface area contributed by atoms with Gasteiger partial charge in [0.1, 0.15) is 5.69 Å². The summed E-state index contributed by atoms with van der Waals surface area (Å²) >= 11 is 1.69. The van der Waals surface area contributed by atoms with Gasteiger partial charge in [0.15, 0.2) is 0 Å². The maximum Gasteiger partial charge on any atom is 0.116 e. The topological polar surface area (TPSA) is 82.3 Å². The van der Waals surface area contributed by atoms with Gasteiger partial charge in [0.25, 0.3) is 0 Å². The van der Waals surface area contributed by atoms with Crippen molar-refractivity contribution in [1.82, 2.24) is 30.5 Å². The van der Waals surface area contributed by atoms with E-state index >= 15 is 0 Å². The average molecular weight is 451 g/mol. The molecule has 5 aromatic heterocycles. The van der Waals surface area contributed by atoms with Crippen LogP contribution in [-0.4, -0.2) is 31.7 Å². The lowest BCUT2D eigenvalue weighted by Crippen LogP contribution is -2.11. The van der Waals surface area contributed by atoms with Crippen molar-refractivity contribution < 1.29 is 0 Å². The lowest BCUT2D eigenvalue weighted by molar-refractivity contribution is 0.724. The molecule has 7 heteroatoms. The van der Waals surface area contributed by atoms with Crippen LogP contribution in [-0.2, 0) is 6.54 Å². The summed E-state index contributed by atoms with van der Waals surface area (Å²) in [6.45, 7) is 3.85. The number of fused-ring (bicyclic) bond motifs is 2. The molecule has 0 unspecified atom stereocenters. The molecule has 0 fully saturated rings. The Morgan fingerprint density at radius 2 is 1.82 bits per heavy atom. The highest BCUT2D eigenvalue weighted by Gasteiger charge is 2.15. The van der Waals surface area contributed by atoms with E-state index in [0.29, 0.717) is 0 Å². The third kappa shape index (κ3) is 3.61. The zero-order chi connectivity index (χ0) is 22.2. The van der Waals surface area contributed by atoms with Crippen LogP contribution < -0.4 is 5.32 Å². The van der Waals surface area contributed by atoms with Gasteiger partial charge in [-0.05, 0) is 64.3 Å². The van der Waals surface area contributed by atoms with E-state index in [4.69, 9.17) is 0 Å². The van der Waals surface area contributed by atoms with E-state index in [2.05, 4.69) is 84.5 Å². The molecule has 5 heterocycles. The Bertz CT molecular complexity index is 1560.